The molecule has 1 fully saturated rings. The number of likely N-dealkylation sites (tertiary alicyclic amines) is 1. The Bertz CT molecular complexity index is 717. The number of hydrogen-bond acceptors (Lipinski definition) is 4. The van der Waals surface area contributed by atoms with Gasteiger partial charge in [0.05, 0.1) is 12.1 Å². The summed E-state index contributed by atoms with van der Waals surface area (Å²) in [4.78, 5) is 14.4. The second-order valence-electron chi connectivity index (χ2n) is 8.50. The number of rotatable bonds is 7. The smallest absolute Gasteiger partial charge is 0.416 e. The van der Waals surface area contributed by atoms with Crippen molar-refractivity contribution in [3.05, 3.63) is 35.1 Å². The highest BCUT2D eigenvalue weighted by Gasteiger charge is 2.32. The average molecular weight is 452 g/mol. The highest BCUT2D eigenvalue weighted by atomic mass is 32.2. The van der Waals surface area contributed by atoms with Crippen molar-refractivity contribution in [1.29, 1.82) is 0 Å². The van der Waals surface area contributed by atoms with Gasteiger partial charge < -0.3 is 14.8 Å². The summed E-state index contributed by atoms with van der Waals surface area (Å²) in [5, 5.41) is 2.62. The number of hydrogen-bond donors (Lipinski definition) is 2. The van der Waals surface area contributed by atoms with Gasteiger partial charge in [-0.2, -0.15) is 13.2 Å². The number of halogens is 4. The van der Waals surface area contributed by atoms with Crippen molar-refractivity contribution in [2.45, 2.75) is 44.5 Å². The van der Waals surface area contributed by atoms with Gasteiger partial charge >= 0.3 is 6.18 Å². The maximum atomic E-state index is 13.5. The van der Waals surface area contributed by atoms with Gasteiger partial charge in [0.1, 0.15) is 10.6 Å². The fourth-order valence-electron chi connectivity index (χ4n) is 3.15. The van der Waals surface area contributed by atoms with Crippen molar-refractivity contribution in [2.24, 2.45) is 5.92 Å². The molecule has 2 N–H and O–H groups in total. The normalized spacial score (nSPS) is 17.7. The Morgan fingerprint density at radius 2 is 1.83 bits per heavy atom. The first-order valence-electron chi connectivity index (χ1n) is 9.90. The number of carbonyl (C=O) groups excluding carboxylic acids is 1. The molecule has 0 unspecified atom stereocenters. The number of alkyl halides is 3. The Kier molecular flexibility index (Phi) is 8.55. The van der Waals surface area contributed by atoms with Crippen LogP contribution in [0.4, 0.5) is 17.6 Å². The van der Waals surface area contributed by atoms with Crippen molar-refractivity contribution < 1.29 is 26.9 Å². The van der Waals surface area contributed by atoms with Crippen molar-refractivity contribution in [1.82, 2.24) is 14.9 Å². The second kappa shape index (κ2) is 10.3. The minimum absolute atomic E-state index is 0.206. The average Bonchev–Trinajstić information content (AvgIpc) is 2.65. The van der Waals surface area contributed by atoms with Gasteiger partial charge in [0.15, 0.2) is 0 Å². The molecule has 2 rings (SSSR count). The Hall–Kier alpha value is -1.36. The Labute approximate surface area is 177 Å². The lowest BCUT2D eigenvalue weighted by atomic mass is 9.96. The molecule has 0 aliphatic carbocycles. The minimum atomic E-state index is -4.71. The molecule has 1 aromatic carbocycles. The van der Waals surface area contributed by atoms with Crippen LogP contribution >= 0.6 is 0 Å². The molecule has 0 saturated carbocycles. The molecular weight excluding hydrogens is 422 g/mol. The number of amides is 1. The zero-order valence-corrected chi connectivity index (χ0v) is 18.3. The molecule has 1 aliphatic rings. The first kappa shape index (κ1) is 24.9. The molecule has 1 atom stereocenters. The summed E-state index contributed by atoms with van der Waals surface area (Å²) >= 11 is -1.11. The van der Waals surface area contributed by atoms with E-state index in [4.69, 9.17) is 0 Å². The van der Waals surface area contributed by atoms with E-state index in [1.807, 2.05) is 20.8 Å². The molecular formula is C20H29F4N3O2S. The first-order valence-corrected chi connectivity index (χ1v) is 11.0. The van der Waals surface area contributed by atoms with Gasteiger partial charge in [0.2, 0.25) is 0 Å². The van der Waals surface area contributed by atoms with Crippen molar-refractivity contribution in [2.75, 3.05) is 32.7 Å². The molecule has 0 aromatic heterocycles. The topological polar surface area (TPSA) is 67.4 Å². The van der Waals surface area contributed by atoms with Crippen LogP contribution in [0.3, 0.4) is 0 Å². The summed E-state index contributed by atoms with van der Waals surface area (Å²) in [6.45, 7) is 9.08. The summed E-state index contributed by atoms with van der Waals surface area (Å²) in [5.74, 6) is -1.60. The SMILES string of the molecule is CC(C)(C)[S@@+]([O-])NCCN1CCC(CNC(=O)c2cc(F)cc(C(F)(F)F)c2)CC1. The van der Waals surface area contributed by atoms with Crippen LogP contribution in [-0.2, 0) is 17.5 Å². The van der Waals surface area contributed by atoms with Crippen LogP contribution in [0.15, 0.2) is 18.2 Å². The highest BCUT2D eigenvalue weighted by molar-refractivity contribution is 7.90. The van der Waals surface area contributed by atoms with Crippen LogP contribution in [0, 0.1) is 11.7 Å². The van der Waals surface area contributed by atoms with E-state index in [0.717, 1.165) is 38.5 Å². The van der Waals surface area contributed by atoms with Gasteiger partial charge in [0.25, 0.3) is 5.91 Å². The van der Waals surface area contributed by atoms with E-state index in [-0.39, 0.29) is 16.2 Å². The Morgan fingerprint density at radius 1 is 1.20 bits per heavy atom. The molecule has 0 spiro atoms. The fraction of sp³-hybridized carbons (Fsp3) is 0.650. The van der Waals surface area contributed by atoms with E-state index in [2.05, 4.69) is 14.9 Å². The Morgan fingerprint density at radius 3 is 2.40 bits per heavy atom. The standard InChI is InChI=1S/C20H29F4N3O2S/c1-19(2,3)30(29)26-6-9-27-7-4-14(5-8-27)13-25-18(28)15-10-16(20(22,23)24)12-17(21)11-15/h10-12,14,26H,4-9,13H2,1-3H3,(H,25,28)/t30-/m1/s1. The zero-order chi connectivity index (χ0) is 22.5. The van der Waals surface area contributed by atoms with Crippen molar-refractivity contribution >= 4 is 17.3 Å². The molecule has 0 radical (unpaired) electrons. The van der Waals surface area contributed by atoms with Crippen LogP contribution in [-0.4, -0.2) is 52.8 Å². The Balaban J connectivity index is 1.75. The fourth-order valence-corrected chi connectivity index (χ4v) is 3.86. The molecule has 1 saturated heterocycles. The third kappa shape index (κ3) is 7.72. The van der Waals surface area contributed by atoms with E-state index in [1.165, 1.54) is 0 Å². The van der Waals surface area contributed by atoms with E-state index >= 15 is 0 Å². The minimum Gasteiger partial charge on any atom is -0.598 e. The summed E-state index contributed by atoms with van der Waals surface area (Å²) in [5.41, 5.74) is -1.51. The predicted octanol–water partition coefficient (Wildman–Crippen LogP) is 3.34. The van der Waals surface area contributed by atoms with Crippen molar-refractivity contribution in [3.63, 3.8) is 0 Å². The predicted molar refractivity (Wildman–Crippen MR) is 109 cm³/mol. The van der Waals surface area contributed by atoms with Gasteiger partial charge in [-0.3, -0.25) is 4.79 Å². The monoisotopic (exact) mass is 451 g/mol. The summed E-state index contributed by atoms with van der Waals surface area (Å²) < 4.78 is 66.5. The van der Waals surface area contributed by atoms with Crippen LogP contribution < -0.4 is 10.0 Å². The van der Waals surface area contributed by atoms with E-state index in [0.29, 0.717) is 25.2 Å². The number of piperidine rings is 1. The van der Waals surface area contributed by atoms with E-state index in [1.54, 1.807) is 0 Å². The van der Waals surface area contributed by atoms with Crippen LogP contribution in [0.5, 0.6) is 0 Å². The van der Waals surface area contributed by atoms with Crippen LogP contribution in [0.1, 0.15) is 49.5 Å². The third-order valence-corrected chi connectivity index (χ3v) is 6.54. The molecule has 0 bridgehead atoms. The highest BCUT2D eigenvalue weighted by Crippen LogP contribution is 2.30. The van der Waals surface area contributed by atoms with Gasteiger partial charge in [-0.25, -0.2) is 4.39 Å². The largest absolute Gasteiger partial charge is 0.598 e. The second-order valence-corrected chi connectivity index (χ2v) is 10.5. The summed E-state index contributed by atoms with van der Waals surface area (Å²) in [6, 6.07) is 1.84. The van der Waals surface area contributed by atoms with Gasteiger partial charge in [0, 0.05) is 30.0 Å². The molecule has 5 nitrogen and oxygen atoms in total. The summed E-state index contributed by atoms with van der Waals surface area (Å²) in [7, 11) is 0. The lowest BCUT2D eigenvalue weighted by Gasteiger charge is -2.32. The quantitative estimate of drug-likeness (QED) is 0.493. The number of carbonyl (C=O) groups is 1. The van der Waals surface area contributed by atoms with Crippen molar-refractivity contribution in [3.8, 4) is 0 Å². The molecule has 1 amide bonds. The zero-order valence-electron chi connectivity index (χ0n) is 17.4. The molecule has 10 heteroatoms. The molecule has 1 aliphatic heterocycles. The van der Waals surface area contributed by atoms with Crippen LogP contribution in [0.2, 0.25) is 0 Å². The van der Waals surface area contributed by atoms with Gasteiger partial charge in [-0.05, 0) is 70.8 Å². The number of benzene rings is 1. The first-order chi connectivity index (χ1) is 13.9. The van der Waals surface area contributed by atoms with E-state index < -0.39 is 34.8 Å². The lowest BCUT2D eigenvalue weighted by molar-refractivity contribution is -0.137. The lowest BCUT2D eigenvalue weighted by Crippen LogP contribution is -2.45. The third-order valence-electron chi connectivity index (χ3n) is 4.96. The maximum absolute atomic E-state index is 13.5. The molecule has 30 heavy (non-hydrogen) atoms. The van der Waals surface area contributed by atoms with E-state index in [9.17, 15) is 26.9 Å². The van der Waals surface area contributed by atoms with Gasteiger partial charge in [-0.1, -0.05) is 0 Å². The van der Waals surface area contributed by atoms with Gasteiger partial charge in [-0.15, -0.1) is 4.72 Å². The molecule has 170 valence electrons. The summed E-state index contributed by atoms with van der Waals surface area (Å²) in [6.07, 6.45) is -3.04. The maximum Gasteiger partial charge on any atom is 0.416 e. The number of nitrogens with zero attached hydrogens (tertiary/aromatic N) is 1. The van der Waals surface area contributed by atoms with Crippen LogP contribution in [0.25, 0.3) is 0 Å². The number of nitrogens with one attached hydrogen (secondary N) is 2. The molecule has 1 aromatic rings. The molecule has 1 heterocycles.